The maximum atomic E-state index is 10.7. The summed E-state index contributed by atoms with van der Waals surface area (Å²) >= 11 is 0. The fourth-order valence-corrected chi connectivity index (χ4v) is 2.91. The first kappa shape index (κ1) is 14.1. The van der Waals surface area contributed by atoms with Gasteiger partial charge in [0.25, 0.3) is 0 Å². The lowest BCUT2D eigenvalue weighted by molar-refractivity contribution is -0.138. The van der Waals surface area contributed by atoms with Gasteiger partial charge in [0, 0.05) is 45.5 Å². The van der Waals surface area contributed by atoms with Crippen molar-refractivity contribution in [1.29, 1.82) is 0 Å². The molecule has 0 bridgehead atoms. The molecule has 0 atom stereocenters. The highest BCUT2D eigenvalue weighted by atomic mass is 16.4. The van der Waals surface area contributed by atoms with E-state index in [1.54, 1.807) is 0 Å². The van der Waals surface area contributed by atoms with Crippen LogP contribution in [0.15, 0.2) is 12.3 Å². The van der Waals surface area contributed by atoms with Crippen molar-refractivity contribution in [3.05, 3.63) is 12.3 Å². The Bertz CT molecular complexity index is 496. The lowest BCUT2D eigenvalue weighted by atomic mass is 10.3. The van der Waals surface area contributed by atoms with Crippen molar-refractivity contribution in [2.45, 2.75) is 12.8 Å². The average Bonchev–Trinajstić information content (AvgIpc) is 3.02. The Morgan fingerprint density at radius 1 is 1.10 bits per heavy atom. The number of nitrogens with zero attached hydrogens (tertiary/aromatic N) is 5. The molecule has 3 heterocycles. The largest absolute Gasteiger partial charge is 0.480 e. The number of piperazine rings is 1. The first-order chi connectivity index (χ1) is 10.2. The number of rotatable bonds is 4. The van der Waals surface area contributed by atoms with Gasteiger partial charge in [0.1, 0.15) is 5.82 Å². The highest BCUT2D eigenvalue weighted by Crippen LogP contribution is 2.20. The van der Waals surface area contributed by atoms with E-state index in [0.717, 1.165) is 51.0 Å². The lowest BCUT2D eigenvalue weighted by Gasteiger charge is -2.34. The van der Waals surface area contributed by atoms with E-state index in [1.807, 2.05) is 17.2 Å². The van der Waals surface area contributed by atoms with Crippen molar-refractivity contribution in [2.75, 3.05) is 55.6 Å². The summed E-state index contributed by atoms with van der Waals surface area (Å²) in [6.07, 6.45) is 4.28. The normalized spacial score (nSPS) is 20.0. The third-order valence-corrected chi connectivity index (χ3v) is 4.07. The van der Waals surface area contributed by atoms with E-state index in [-0.39, 0.29) is 6.54 Å². The van der Waals surface area contributed by atoms with Gasteiger partial charge < -0.3 is 14.9 Å². The molecule has 2 aliphatic heterocycles. The molecule has 0 amide bonds. The van der Waals surface area contributed by atoms with Crippen LogP contribution in [0.3, 0.4) is 0 Å². The van der Waals surface area contributed by atoms with Crippen LogP contribution in [-0.4, -0.2) is 71.8 Å². The van der Waals surface area contributed by atoms with Crippen LogP contribution in [0.4, 0.5) is 11.8 Å². The summed E-state index contributed by atoms with van der Waals surface area (Å²) in [5, 5.41) is 8.82. The Balaban J connectivity index is 1.62. The molecule has 7 heteroatoms. The fraction of sp³-hybridized carbons (Fsp3) is 0.643. The Kier molecular flexibility index (Phi) is 4.19. The predicted octanol–water partition coefficient (Wildman–Crippen LogP) is 0.283. The first-order valence-corrected chi connectivity index (χ1v) is 7.49. The Morgan fingerprint density at radius 2 is 1.81 bits per heavy atom. The number of aromatic nitrogens is 2. The zero-order valence-electron chi connectivity index (χ0n) is 12.1. The number of carboxylic acid groups (broad SMARTS) is 1. The summed E-state index contributed by atoms with van der Waals surface area (Å²) in [4.78, 5) is 26.2. The molecule has 0 saturated carbocycles. The number of aliphatic carboxylic acids is 1. The van der Waals surface area contributed by atoms with E-state index in [1.165, 1.54) is 12.8 Å². The fourth-order valence-electron chi connectivity index (χ4n) is 2.91. The summed E-state index contributed by atoms with van der Waals surface area (Å²) in [5.74, 6) is 0.996. The molecule has 21 heavy (non-hydrogen) atoms. The molecule has 0 radical (unpaired) electrons. The molecular weight excluding hydrogens is 270 g/mol. The van der Waals surface area contributed by atoms with Crippen molar-refractivity contribution >= 4 is 17.7 Å². The number of hydrogen-bond acceptors (Lipinski definition) is 6. The molecule has 1 aromatic heterocycles. The zero-order chi connectivity index (χ0) is 14.7. The molecular formula is C14H21N5O2. The Hall–Kier alpha value is -1.89. The lowest BCUT2D eigenvalue weighted by Crippen LogP contribution is -2.48. The van der Waals surface area contributed by atoms with Gasteiger partial charge in [-0.15, -0.1) is 0 Å². The minimum atomic E-state index is -0.768. The quantitative estimate of drug-likeness (QED) is 0.854. The van der Waals surface area contributed by atoms with Crippen molar-refractivity contribution in [1.82, 2.24) is 14.9 Å². The smallest absolute Gasteiger partial charge is 0.317 e. The minimum absolute atomic E-state index is 0.114. The van der Waals surface area contributed by atoms with Gasteiger partial charge in [-0.1, -0.05) is 0 Å². The van der Waals surface area contributed by atoms with Crippen LogP contribution in [-0.2, 0) is 4.79 Å². The summed E-state index contributed by atoms with van der Waals surface area (Å²) in [6.45, 7) is 5.29. The van der Waals surface area contributed by atoms with E-state index in [0.29, 0.717) is 0 Å². The van der Waals surface area contributed by atoms with Crippen LogP contribution in [0.5, 0.6) is 0 Å². The van der Waals surface area contributed by atoms with Crippen LogP contribution in [0.1, 0.15) is 12.8 Å². The molecule has 7 nitrogen and oxygen atoms in total. The molecule has 3 rings (SSSR count). The van der Waals surface area contributed by atoms with Crippen molar-refractivity contribution in [2.24, 2.45) is 0 Å². The van der Waals surface area contributed by atoms with Crippen LogP contribution in [0, 0.1) is 0 Å². The summed E-state index contributed by atoms with van der Waals surface area (Å²) in [7, 11) is 0. The molecule has 1 N–H and O–H groups in total. The van der Waals surface area contributed by atoms with Gasteiger partial charge in [0.05, 0.1) is 6.54 Å². The minimum Gasteiger partial charge on any atom is -0.480 e. The van der Waals surface area contributed by atoms with Gasteiger partial charge >= 0.3 is 5.97 Å². The SMILES string of the molecule is O=C(O)CN1CCN(c2nccc(N3CCCC3)n2)CC1. The molecule has 2 saturated heterocycles. The average molecular weight is 291 g/mol. The van der Waals surface area contributed by atoms with Gasteiger partial charge in [-0.3, -0.25) is 9.69 Å². The van der Waals surface area contributed by atoms with Gasteiger partial charge in [-0.2, -0.15) is 4.98 Å². The molecule has 0 aliphatic carbocycles. The highest BCUT2D eigenvalue weighted by Gasteiger charge is 2.21. The molecule has 2 fully saturated rings. The second kappa shape index (κ2) is 6.26. The third kappa shape index (κ3) is 3.41. The standard InChI is InChI=1S/C14H21N5O2/c20-13(21)11-17-7-9-19(10-8-17)14-15-4-3-12(16-14)18-5-1-2-6-18/h3-4H,1-2,5-11H2,(H,20,21). The topological polar surface area (TPSA) is 72.8 Å². The van der Waals surface area contributed by atoms with Crippen LogP contribution < -0.4 is 9.80 Å². The van der Waals surface area contributed by atoms with E-state index < -0.39 is 5.97 Å². The second-order valence-electron chi connectivity index (χ2n) is 5.57. The number of carbonyl (C=O) groups is 1. The predicted molar refractivity (Wildman–Crippen MR) is 79.8 cm³/mol. The third-order valence-electron chi connectivity index (χ3n) is 4.07. The number of anilines is 2. The number of hydrogen-bond donors (Lipinski definition) is 1. The van der Waals surface area contributed by atoms with Gasteiger partial charge in [0.15, 0.2) is 0 Å². The maximum Gasteiger partial charge on any atom is 0.317 e. The van der Waals surface area contributed by atoms with Gasteiger partial charge in [-0.25, -0.2) is 4.98 Å². The molecule has 0 spiro atoms. The van der Waals surface area contributed by atoms with Crippen LogP contribution in [0.2, 0.25) is 0 Å². The highest BCUT2D eigenvalue weighted by molar-refractivity contribution is 5.69. The molecule has 114 valence electrons. The van der Waals surface area contributed by atoms with E-state index in [2.05, 4.69) is 19.8 Å². The van der Waals surface area contributed by atoms with Crippen molar-refractivity contribution < 1.29 is 9.90 Å². The van der Waals surface area contributed by atoms with Gasteiger partial charge in [-0.05, 0) is 18.9 Å². The van der Waals surface area contributed by atoms with E-state index in [9.17, 15) is 4.79 Å². The van der Waals surface area contributed by atoms with Crippen LogP contribution >= 0.6 is 0 Å². The zero-order valence-corrected chi connectivity index (χ0v) is 12.1. The molecule has 0 aromatic carbocycles. The molecule has 1 aromatic rings. The van der Waals surface area contributed by atoms with Gasteiger partial charge in [0.2, 0.25) is 5.95 Å². The summed E-state index contributed by atoms with van der Waals surface area (Å²) in [6, 6.07) is 1.97. The Labute approximate surface area is 124 Å². The Morgan fingerprint density at radius 3 is 2.48 bits per heavy atom. The van der Waals surface area contributed by atoms with Crippen LogP contribution in [0.25, 0.3) is 0 Å². The summed E-state index contributed by atoms with van der Waals surface area (Å²) in [5.41, 5.74) is 0. The first-order valence-electron chi connectivity index (χ1n) is 7.49. The summed E-state index contributed by atoms with van der Waals surface area (Å²) < 4.78 is 0. The van der Waals surface area contributed by atoms with Crippen molar-refractivity contribution in [3.63, 3.8) is 0 Å². The van der Waals surface area contributed by atoms with E-state index >= 15 is 0 Å². The number of carboxylic acids is 1. The monoisotopic (exact) mass is 291 g/mol. The molecule has 0 unspecified atom stereocenters. The second-order valence-corrected chi connectivity index (χ2v) is 5.57. The maximum absolute atomic E-state index is 10.7. The van der Waals surface area contributed by atoms with E-state index in [4.69, 9.17) is 5.11 Å². The molecule has 2 aliphatic rings. The van der Waals surface area contributed by atoms with Crippen molar-refractivity contribution in [3.8, 4) is 0 Å².